The van der Waals surface area contributed by atoms with Gasteiger partial charge < -0.3 is 14.4 Å². The van der Waals surface area contributed by atoms with Gasteiger partial charge in [-0.05, 0) is 26.8 Å². The normalized spacial score (nSPS) is 10.2. The third-order valence-electron chi connectivity index (χ3n) is 2.72. The maximum absolute atomic E-state index is 12.5. The van der Waals surface area contributed by atoms with Crippen molar-refractivity contribution in [3.63, 3.8) is 0 Å². The molecule has 0 spiro atoms. The zero-order valence-electron chi connectivity index (χ0n) is 12.3. The minimum Gasteiger partial charge on any atom is -0.494 e. The molecule has 0 radical (unpaired) electrons. The van der Waals surface area contributed by atoms with E-state index in [2.05, 4.69) is 4.98 Å². The molecule has 1 aromatic heterocycles. The van der Waals surface area contributed by atoms with Crippen molar-refractivity contribution in [2.45, 2.75) is 26.8 Å². The molecule has 0 saturated carbocycles. The molecule has 0 unspecified atom stereocenters. The third-order valence-corrected chi connectivity index (χ3v) is 2.72. The Labute approximate surface area is 118 Å². The number of carbonyl (C=O) groups is 2. The fourth-order valence-electron chi connectivity index (χ4n) is 1.71. The van der Waals surface area contributed by atoms with Gasteiger partial charge in [0.2, 0.25) is 0 Å². The molecular weight excluding hydrogens is 260 g/mol. The van der Waals surface area contributed by atoms with Crippen molar-refractivity contribution in [2.75, 3.05) is 20.3 Å². The number of nitrogens with zero attached hydrogens (tertiary/aromatic N) is 2. The molecule has 0 N–H and O–H groups in total. The highest BCUT2D eigenvalue weighted by molar-refractivity contribution is 5.98. The van der Waals surface area contributed by atoms with Crippen LogP contribution in [-0.4, -0.2) is 48.1 Å². The Balaban J connectivity index is 2.97. The number of rotatable bonds is 6. The van der Waals surface area contributed by atoms with Gasteiger partial charge in [-0.2, -0.15) is 0 Å². The standard InChI is InChI=1S/C14H20N2O4/c1-5-20-13(17)9-16(10(2)3)14(18)11-6-7-15-8-12(11)19-4/h6-8,10H,5,9H2,1-4H3. The lowest BCUT2D eigenvalue weighted by Crippen LogP contribution is -2.41. The lowest BCUT2D eigenvalue weighted by atomic mass is 10.2. The second-order valence-electron chi connectivity index (χ2n) is 4.41. The molecule has 0 aliphatic carbocycles. The SMILES string of the molecule is CCOC(=O)CN(C(=O)c1ccncc1OC)C(C)C. The van der Waals surface area contributed by atoms with Crippen LogP contribution in [-0.2, 0) is 9.53 Å². The van der Waals surface area contributed by atoms with Crippen molar-refractivity contribution in [3.05, 3.63) is 24.0 Å². The summed E-state index contributed by atoms with van der Waals surface area (Å²) in [4.78, 5) is 29.5. The Hall–Kier alpha value is -2.11. The first kappa shape index (κ1) is 15.9. The Kier molecular flexibility index (Phi) is 5.96. The molecule has 1 aromatic rings. The summed E-state index contributed by atoms with van der Waals surface area (Å²) in [6, 6.07) is 1.44. The van der Waals surface area contributed by atoms with E-state index in [1.807, 2.05) is 13.8 Å². The zero-order valence-corrected chi connectivity index (χ0v) is 12.3. The highest BCUT2D eigenvalue weighted by Crippen LogP contribution is 2.19. The van der Waals surface area contributed by atoms with E-state index in [1.165, 1.54) is 24.4 Å². The molecule has 6 heteroatoms. The molecule has 0 aromatic carbocycles. The van der Waals surface area contributed by atoms with Gasteiger partial charge in [0.1, 0.15) is 12.3 Å². The Morgan fingerprint density at radius 2 is 2.10 bits per heavy atom. The predicted molar refractivity (Wildman–Crippen MR) is 73.6 cm³/mol. The first-order valence-electron chi connectivity index (χ1n) is 6.45. The molecule has 1 amide bonds. The van der Waals surface area contributed by atoms with Crippen molar-refractivity contribution in [1.29, 1.82) is 0 Å². The van der Waals surface area contributed by atoms with Crippen LogP contribution < -0.4 is 4.74 Å². The van der Waals surface area contributed by atoms with E-state index in [1.54, 1.807) is 13.0 Å². The maximum atomic E-state index is 12.5. The van der Waals surface area contributed by atoms with Crippen molar-refractivity contribution >= 4 is 11.9 Å². The van der Waals surface area contributed by atoms with E-state index in [0.717, 1.165) is 0 Å². The number of methoxy groups -OCH3 is 1. The second-order valence-corrected chi connectivity index (χ2v) is 4.41. The van der Waals surface area contributed by atoms with Gasteiger partial charge in [-0.25, -0.2) is 0 Å². The molecule has 0 aliphatic heterocycles. The van der Waals surface area contributed by atoms with Crippen LogP contribution in [0.4, 0.5) is 0 Å². The summed E-state index contributed by atoms with van der Waals surface area (Å²) in [6.07, 6.45) is 2.98. The van der Waals surface area contributed by atoms with E-state index >= 15 is 0 Å². The summed E-state index contributed by atoms with van der Waals surface area (Å²) >= 11 is 0. The number of hydrogen-bond acceptors (Lipinski definition) is 5. The summed E-state index contributed by atoms with van der Waals surface area (Å²) < 4.78 is 10.0. The predicted octanol–water partition coefficient (Wildman–Crippen LogP) is 1.50. The van der Waals surface area contributed by atoms with Gasteiger partial charge in [0.05, 0.1) is 25.5 Å². The molecular formula is C14H20N2O4. The monoisotopic (exact) mass is 280 g/mol. The average Bonchev–Trinajstić information content (AvgIpc) is 2.44. The van der Waals surface area contributed by atoms with Gasteiger partial charge >= 0.3 is 5.97 Å². The summed E-state index contributed by atoms with van der Waals surface area (Å²) in [5.74, 6) is -0.332. The van der Waals surface area contributed by atoms with E-state index < -0.39 is 5.97 Å². The molecule has 0 aliphatic rings. The van der Waals surface area contributed by atoms with Gasteiger partial charge in [-0.1, -0.05) is 0 Å². The van der Waals surface area contributed by atoms with Gasteiger partial charge in [-0.15, -0.1) is 0 Å². The summed E-state index contributed by atoms with van der Waals surface area (Å²) in [5, 5.41) is 0. The summed E-state index contributed by atoms with van der Waals surface area (Å²) in [7, 11) is 1.47. The summed E-state index contributed by atoms with van der Waals surface area (Å²) in [6.45, 7) is 5.61. The van der Waals surface area contributed by atoms with Crippen LogP contribution in [0.3, 0.4) is 0 Å². The molecule has 110 valence electrons. The van der Waals surface area contributed by atoms with Crippen molar-refractivity contribution in [3.8, 4) is 5.75 Å². The number of pyridine rings is 1. The third kappa shape index (κ3) is 3.94. The topological polar surface area (TPSA) is 68.7 Å². The summed E-state index contributed by atoms with van der Waals surface area (Å²) in [5.41, 5.74) is 0.375. The van der Waals surface area contributed by atoms with E-state index in [-0.39, 0.29) is 25.1 Å². The maximum Gasteiger partial charge on any atom is 0.325 e. The smallest absolute Gasteiger partial charge is 0.325 e. The highest BCUT2D eigenvalue weighted by Gasteiger charge is 2.24. The molecule has 1 heterocycles. The molecule has 1 rings (SSSR count). The van der Waals surface area contributed by atoms with Crippen LogP contribution in [0.15, 0.2) is 18.5 Å². The van der Waals surface area contributed by atoms with Crippen molar-refractivity contribution in [2.24, 2.45) is 0 Å². The second kappa shape index (κ2) is 7.47. The van der Waals surface area contributed by atoms with Gasteiger partial charge in [0.25, 0.3) is 5.91 Å². The number of ether oxygens (including phenoxy) is 2. The van der Waals surface area contributed by atoms with Crippen molar-refractivity contribution in [1.82, 2.24) is 9.88 Å². The Morgan fingerprint density at radius 3 is 2.65 bits per heavy atom. The molecule has 20 heavy (non-hydrogen) atoms. The number of aromatic nitrogens is 1. The van der Waals surface area contributed by atoms with Gasteiger partial charge in [0, 0.05) is 12.2 Å². The van der Waals surface area contributed by atoms with Crippen LogP contribution in [0.1, 0.15) is 31.1 Å². The Morgan fingerprint density at radius 1 is 1.40 bits per heavy atom. The van der Waals surface area contributed by atoms with E-state index in [0.29, 0.717) is 11.3 Å². The number of carbonyl (C=O) groups excluding carboxylic acids is 2. The molecule has 0 bridgehead atoms. The van der Waals surface area contributed by atoms with E-state index in [9.17, 15) is 9.59 Å². The van der Waals surface area contributed by atoms with E-state index in [4.69, 9.17) is 9.47 Å². The van der Waals surface area contributed by atoms with Gasteiger partial charge in [-0.3, -0.25) is 14.6 Å². The first-order chi connectivity index (χ1) is 9.51. The fraction of sp³-hybridized carbons (Fsp3) is 0.500. The van der Waals surface area contributed by atoms with Crippen molar-refractivity contribution < 1.29 is 19.1 Å². The van der Waals surface area contributed by atoms with Crippen LogP contribution in [0.2, 0.25) is 0 Å². The molecule has 0 saturated heterocycles. The van der Waals surface area contributed by atoms with Crippen LogP contribution in [0.5, 0.6) is 5.75 Å². The van der Waals surface area contributed by atoms with Gasteiger partial charge in [0.15, 0.2) is 0 Å². The van der Waals surface area contributed by atoms with Crippen LogP contribution in [0.25, 0.3) is 0 Å². The largest absolute Gasteiger partial charge is 0.494 e. The molecule has 6 nitrogen and oxygen atoms in total. The highest BCUT2D eigenvalue weighted by atomic mass is 16.5. The lowest BCUT2D eigenvalue weighted by Gasteiger charge is -2.26. The number of amides is 1. The zero-order chi connectivity index (χ0) is 15.1. The van der Waals surface area contributed by atoms with Crippen LogP contribution in [0, 0.1) is 0 Å². The molecule has 0 fully saturated rings. The lowest BCUT2D eigenvalue weighted by molar-refractivity contribution is -0.144. The van der Waals surface area contributed by atoms with Crippen LogP contribution >= 0.6 is 0 Å². The Bertz CT molecular complexity index is 474. The quantitative estimate of drug-likeness (QED) is 0.739. The average molecular weight is 280 g/mol. The first-order valence-corrected chi connectivity index (χ1v) is 6.45. The fourth-order valence-corrected chi connectivity index (χ4v) is 1.71. The molecule has 0 atom stereocenters. The number of hydrogen-bond donors (Lipinski definition) is 0. The minimum absolute atomic E-state index is 0.0875. The number of esters is 1. The minimum atomic E-state index is -0.428.